The lowest BCUT2D eigenvalue weighted by atomic mass is 9.93. The Morgan fingerprint density at radius 1 is 0.413 bits per heavy atom. The first kappa shape index (κ1) is 103. The van der Waals surface area contributed by atoms with Crippen molar-refractivity contribution in [2.75, 3.05) is 66.0 Å². The van der Waals surface area contributed by atoms with Crippen molar-refractivity contribution in [1.82, 2.24) is 20.9 Å². The fourth-order valence-electron chi connectivity index (χ4n) is 16.5. The van der Waals surface area contributed by atoms with Crippen LogP contribution in [0.3, 0.4) is 0 Å². The summed E-state index contributed by atoms with van der Waals surface area (Å²) in [5.74, 6) is -3.26. The smallest absolute Gasteiger partial charge is 0.239 e. The number of rotatable bonds is 29. The van der Waals surface area contributed by atoms with Crippen LogP contribution in [0.1, 0.15) is 40.0 Å². The number of fused-ring (bicyclic) bond motifs is 2. The van der Waals surface area contributed by atoms with Crippen molar-refractivity contribution < 1.29 is 237 Å². The second-order valence-electron chi connectivity index (χ2n) is 31.9. The normalized spacial score (nSPS) is 48.2. The number of aliphatic imine (C=N–C) groups is 1. The van der Waals surface area contributed by atoms with Gasteiger partial charge >= 0.3 is 0 Å². The molecular weight excluding hydrogens is 1760 g/mol. The van der Waals surface area contributed by atoms with Gasteiger partial charge in [-0.05, 0) is 12.8 Å². The third-order valence-corrected chi connectivity index (χ3v) is 26.4. The average Bonchev–Trinajstić information content (AvgIpc) is 0.995. The van der Waals surface area contributed by atoms with E-state index in [0.717, 1.165) is 35.4 Å². The first-order valence-corrected chi connectivity index (χ1v) is 42.6. The predicted octanol–water partition coefficient (Wildman–Crippen LogP) is -19.8. The topological polar surface area (TPSA) is 846 Å². The Hall–Kier alpha value is -4.00. The highest BCUT2D eigenvalue weighted by Crippen LogP contribution is 2.44. The Balaban J connectivity index is 0.000000278. The third-order valence-electron chi connectivity index (χ3n) is 23.3. The van der Waals surface area contributed by atoms with Crippen LogP contribution in [0, 0.1) is 0 Å². The van der Waals surface area contributed by atoms with Gasteiger partial charge in [0.15, 0.2) is 67.2 Å². The Morgan fingerprint density at radius 3 is 1.21 bits per heavy atom. The second-order valence-corrected chi connectivity index (χ2v) is 34.5. The zero-order valence-corrected chi connectivity index (χ0v) is 68.9. The third kappa shape index (κ3) is 22.5. The summed E-state index contributed by atoms with van der Waals surface area (Å²) in [6, 6.07) is -4.96. The number of carbonyl (C=O) groups excluding carboxylic acids is 5. The molecule has 0 radical (unpaired) electrons. The number of amides is 4. The molecule has 12 heterocycles. The van der Waals surface area contributed by atoms with E-state index in [1.807, 2.05) is 0 Å². The van der Waals surface area contributed by atoms with Crippen LogP contribution in [0.25, 0.3) is 0 Å². The van der Waals surface area contributed by atoms with E-state index in [1.165, 1.54) is 6.92 Å². The summed E-state index contributed by atoms with van der Waals surface area (Å²) in [7, 11) is 2.03. The summed E-state index contributed by atoms with van der Waals surface area (Å²) >= 11 is 0. The molecule has 0 aromatic heterocycles. The summed E-state index contributed by atoms with van der Waals surface area (Å²) in [4.78, 5) is 70.3. The minimum Gasteiger partial charge on any atom is -0.450 e. The number of aliphatic hydroxyl groups excluding tert-OH is 26. The molecular formula is C70H114N6O48S2. The fourth-order valence-corrected chi connectivity index (χ4v) is 19.5. The molecule has 31 N–H and O–H groups in total. The first-order chi connectivity index (χ1) is 59.7. The van der Waals surface area contributed by atoms with Crippen molar-refractivity contribution >= 4 is 56.9 Å². The van der Waals surface area contributed by atoms with E-state index >= 15 is 0 Å². The van der Waals surface area contributed by atoms with Crippen LogP contribution in [-0.4, -0.2) is 532 Å². The maximum absolute atomic E-state index is 13.7. The van der Waals surface area contributed by atoms with E-state index in [2.05, 4.69) is 20.9 Å². The summed E-state index contributed by atoms with van der Waals surface area (Å²) in [6.45, 7) is -3.50. The van der Waals surface area contributed by atoms with Gasteiger partial charge in [0.2, 0.25) is 29.9 Å². The van der Waals surface area contributed by atoms with Crippen molar-refractivity contribution in [2.24, 2.45) is 10.7 Å². The number of nitrogens with one attached hydrogen (secondary N) is 3. The van der Waals surface area contributed by atoms with E-state index in [4.69, 9.17) is 86.3 Å². The number of carbonyl (C=O) groups is 5. The highest BCUT2D eigenvalue weighted by Gasteiger charge is 2.61. The van der Waals surface area contributed by atoms with Gasteiger partial charge in [0.05, 0.1) is 77.3 Å². The molecule has 11 fully saturated rings. The maximum atomic E-state index is 13.7. The van der Waals surface area contributed by atoms with Crippen LogP contribution in [0.5, 0.6) is 0 Å². The van der Waals surface area contributed by atoms with Crippen LogP contribution >= 0.6 is 21.6 Å². The van der Waals surface area contributed by atoms with Crippen LogP contribution in [-0.2, 0) is 104 Å². The lowest BCUT2D eigenvalue weighted by Gasteiger charge is -2.50. The summed E-state index contributed by atoms with van der Waals surface area (Å²) in [5.41, 5.74) is 5.50. The molecule has 0 aromatic carbocycles. The monoisotopic (exact) mass is 1870 g/mol. The Kier molecular flexibility index (Phi) is 36.5. The van der Waals surface area contributed by atoms with Crippen LogP contribution in [0.15, 0.2) is 4.99 Å². The van der Waals surface area contributed by atoms with Crippen molar-refractivity contribution in [1.29, 1.82) is 0 Å². The predicted molar refractivity (Wildman–Crippen MR) is 401 cm³/mol. The molecule has 0 aromatic rings. The van der Waals surface area contributed by atoms with Gasteiger partial charge in [0.25, 0.3) is 0 Å². The van der Waals surface area contributed by atoms with Gasteiger partial charge in [-0.2, -0.15) is 0 Å². The number of nitrogens with two attached hydrogens (primary N) is 1. The molecule has 20 unspecified atom stereocenters. The van der Waals surface area contributed by atoms with Gasteiger partial charge in [-0.3, -0.25) is 28.9 Å². The van der Waals surface area contributed by atoms with Gasteiger partial charge < -0.3 is 235 Å². The fraction of sp³-hybridized carbons (Fsp3) is 0.914. The molecule has 56 heteroatoms. The number of hydrogen-bond donors (Lipinski definition) is 30. The lowest BCUT2D eigenvalue weighted by Crippen LogP contribution is -2.71. The molecule has 12 aliphatic heterocycles. The minimum absolute atomic E-state index is 0.201. The quantitative estimate of drug-likeness (QED) is 0.0244. The molecule has 4 amide bonds. The lowest BCUT2D eigenvalue weighted by molar-refractivity contribution is -0.383. The highest BCUT2D eigenvalue weighted by atomic mass is 33.1. The molecule has 12 aliphatic rings. The number of primary amides is 1. The Bertz CT molecular complexity index is 3550. The Morgan fingerprint density at radius 2 is 0.778 bits per heavy atom. The van der Waals surface area contributed by atoms with Crippen molar-refractivity contribution in [3.05, 3.63) is 0 Å². The number of aliphatic hydroxyl groups is 26. The number of ketones is 1. The average molecular weight is 1870 g/mol. The SMILES string of the molecule is CC(=O)NC1C(O)[C@H](O[C@@H]2OC(CO[C@H]3OC(CO)[C@@H](O)[C@H](O)C3O)[C@@H](O)[C@H](O[C@H]3O[C@@H](CO)[C@@H](O)C(O)C3O)C2O)[C@H](CO)O[C@H]1O[C@@H]1C(CO)O[C@@H](NC(=O)CC2SSC(C(N)=O)C(=O)[C@@H]3CCCN23)C(NC(C)=O)[C@H]1O.CC1=NC2[C@H](O1)OC(CO)[C@@H](O[C@@H]1OC(CO[C@H]3OC(CO)[C@@H](O)[C@H](O)C3O)[C@@H](O)[C@H](O[C@H]3O[C@@H](CO)[C@@H](O)C(O)C3O)C1O)[C@@H]2O. The molecule has 48 atom stereocenters. The molecule has 0 saturated carbocycles. The van der Waals surface area contributed by atoms with Gasteiger partial charge in [0.1, 0.15) is 220 Å². The van der Waals surface area contributed by atoms with Crippen molar-refractivity contribution in [3.63, 3.8) is 0 Å². The standard InChI is InChI=1S/C44H71N5O28S2.C26H43NO20/c1-12(54)46-22-28(61)35(17(9-52)70-40(22)48-20(56)6-21-49-5-3-4-14(49)24(57)38(39(45)68)79-78-21)75-41-23(47-13(2)55)29(62)36(18(10-53)73-41)76-44-34(67)37(77-43-33(66)31(64)26(59)16(8-51)72-43)27(60)19(74-44)11-69-42-32(65)30(63)25(58)15(7-50)71-42;1-6-27-11-15(34)21(9(4-30)44-23(11)41-6)46-26-20(39)22(47-25-19(38)17(36)13(32)8(3-29)43-25)14(33)10(45-26)5-40-24-18(37)16(35)12(31)7(2-28)42-24/h14-19,21-23,25-38,40-44,50-53,58-67H,3-11H2,1-2H3,(H2,45,68)(H,46,54)(H,47,55)(H,48,56);7-26,28-39H,2-5H2,1H3/t14-,15?,16-,17?,18-,19?,21?,22?,23?,25+,26+,27+,28+,29?,30-,31?,32?,33?,34?,35+,36+,37-,38?,40+,41-,42-,43+,44-;7?,8-,9?,10?,11?,12+,13+,14+,15+,16-,17?,18?,19?,20?,21+,22-,23+,24-,25+,26-/m00/s1. The summed E-state index contributed by atoms with van der Waals surface area (Å²) < 4.78 is 96.9. The molecule has 12 rings (SSSR count). The number of hydrogen-bond acceptors (Lipinski definition) is 52. The molecule has 126 heavy (non-hydrogen) atoms. The maximum Gasteiger partial charge on any atom is 0.239 e. The van der Waals surface area contributed by atoms with Crippen molar-refractivity contribution in [2.45, 2.75) is 333 Å². The van der Waals surface area contributed by atoms with E-state index in [1.54, 1.807) is 4.90 Å². The molecule has 0 bridgehead atoms. The summed E-state index contributed by atoms with van der Waals surface area (Å²) in [6.07, 6.45) is -73.7. The molecule has 54 nitrogen and oxygen atoms in total. The van der Waals surface area contributed by atoms with E-state index in [9.17, 15) is 157 Å². The largest absolute Gasteiger partial charge is 0.450 e. The minimum atomic E-state index is -2.23. The van der Waals surface area contributed by atoms with Crippen molar-refractivity contribution in [3.8, 4) is 0 Å². The van der Waals surface area contributed by atoms with Gasteiger partial charge in [-0.25, -0.2) is 4.99 Å². The van der Waals surface area contributed by atoms with E-state index in [0.29, 0.717) is 19.4 Å². The van der Waals surface area contributed by atoms with E-state index in [-0.39, 0.29) is 18.1 Å². The number of ether oxygens (including phenoxy) is 17. The first-order valence-electron chi connectivity index (χ1n) is 40.3. The van der Waals surface area contributed by atoms with Gasteiger partial charge in [-0.15, -0.1) is 0 Å². The van der Waals surface area contributed by atoms with Gasteiger partial charge in [0, 0.05) is 27.3 Å². The Labute approximate surface area is 722 Å². The molecule has 0 aliphatic carbocycles. The van der Waals surface area contributed by atoms with Crippen LogP contribution in [0.2, 0.25) is 0 Å². The zero-order valence-electron chi connectivity index (χ0n) is 67.3. The van der Waals surface area contributed by atoms with Crippen LogP contribution < -0.4 is 21.7 Å². The molecule has 724 valence electrons. The second kappa shape index (κ2) is 44.9. The van der Waals surface area contributed by atoms with E-state index < -0.39 is 376 Å². The number of Topliss-reactive ketones (excluding diaryl/α,β-unsaturated/α-hetero) is 1. The molecule has 0 spiro atoms. The summed E-state index contributed by atoms with van der Waals surface area (Å²) in [5, 5.41) is 281. The zero-order chi connectivity index (χ0) is 92.2. The molecule has 11 saturated heterocycles. The van der Waals surface area contributed by atoms with Crippen LogP contribution in [0.4, 0.5) is 0 Å². The highest BCUT2D eigenvalue weighted by molar-refractivity contribution is 8.77. The van der Waals surface area contributed by atoms with Gasteiger partial charge in [-0.1, -0.05) is 21.6 Å². The number of nitrogens with zero attached hydrogens (tertiary/aromatic N) is 2.